The van der Waals surface area contributed by atoms with Crippen LogP contribution in [-0.4, -0.2) is 49.8 Å². The maximum Gasteiger partial charge on any atom is 0.267 e. The number of anilines is 1. The fourth-order valence-corrected chi connectivity index (χ4v) is 5.10. The third-order valence-corrected chi connectivity index (χ3v) is 6.47. The van der Waals surface area contributed by atoms with Crippen LogP contribution < -0.4 is 10.9 Å². The normalized spacial score (nSPS) is 20.9. The second-order valence-electron chi connectivity index (χ2n) is 7.78. The van der Waals surface area contributed by atoms with E-state index in [2.05, 4.69) is 10.3 Å². The molecular weight excluding hydrogens is 420 g/mol. The Labute approximate surface area is 184 Å². The molecule has 0 spiro atoms. The van der Waals surface area contributed by atoms with Crippen LogP contribution in [0.3, 0.4) is 0 Å². The highest BCUT2D eigenvalue weighted by atomic mass is 32.2. The molecule has 9 heteroatoms. The van der Waals surface area contributed by atoms with Gasteiger partial charge < -0.3 is 10.1 Å². The summed E-state index contributed by atoms with van der Waals surface area (Å²) in [5.41, 5.74) is 1.62. The number of carbonyl (C=O) groups is 1. The third-order valence-electron chi connectivity index (χ3n) is 5.14. The standard InChI is InChI=1S/C21H24N4O3S2/c1-12(2)25-20(27)16(30-21(25)29)9-15-18(22-10-14-5-4-8-28-14)23-17-7-6-13(3)11-24(17)19(15)26/h6-7,9,11-12,14,22H,4-5,8,10H2,1-3H3. The number of thiocarbonyl (C=S) groups is 1. The summed E-state index contributed by atoms with van der Waals surface area (Å²) >= 11 is 6.58. The minimum Gasteiger partial charge on any atom is -0.376 e. The molecule has 0 radical (unpaired) electrons. The van der Waals surface area contributed by atoms with Crippen LogP contribution in [0.1, 0.15) is 37.8 Å². The smallest absolute Gasteiger partial charge is 0.267 e. The number of rotatable bonds is 5. The predicted octanol–water partition coefficient (Wildman–Crippen LogP) is 3.20. The Hall–Kier alpha value is -2.23. The van der Waals surface area contributed by atoms with Crippen molar-refractivity contribution in [2.75, 3.05) is 18.5 Å². The molecule has 0 bridgehead atoms. The van der Waals surface area contributed by atoms with Gasteiger partial charge in [-0.1, -0.05) is 30.0 Å². The summed E-state index contributed by atoms with van der Waals surface area (Å²) in [4.78, 5) is 32.8. The highest BCUT2D eigenvalue weighted by molar-refractivity contribution is 8.26. The average Bonchev–Trinajstić information content (AvgIpc) is 3.31. The molecule has 4 rings (SSSR count). The summed E-state index contributed by atoms with van der Waals surface area (Å²) in [6.45, 7) is 7.06. The van der Waals surface area contributed by atoms with Crippen LogP contribution in [0, 0.1) is 6.92 Å². The summed E-state index contributed by atoms with van der Waals surface area (Å²) in [6, 6.07) is 3.69. The van der Waals surface area contributed by atoms with Crippen LogP contribution in [0.5, 0.6) is 0 Å². The molecule has 2 aliphatic heterocycles. The molecule has 30 heavy (non-hydrogen) atoms. The van der Waals surface area contributed by atoms with E-state index < -0.39 is 0 Å². The largest absolute Gasteiger partial charge is 0.376 e. The Morgan fingerprint density at radius 3 is 2.87 bits per heavy atom. The van der Waals surface area contributed by atoms with Crippen LogP contribution in [0.4, 0.5) is 5.82 Å². The van der Waals surface area contributed by atoms with Crippen molar-refractivity contribution in [3.05, 3.63) is 44.7 Å². The summed E-state index contributed by atoms with van der Waals surface area (Å²) in [5, 5.41) is 3.28. The number of pyridine rings is 1. The van der Waals surface area contributed by atoms with Crippen molar-refractivity contribution in [3.63, 3.8) is 0 Å². The monoisotopic (exact) mass is 444 g/mol. The number of carbonyl (C=O) groups excluding carboxylic acids is 1. The van der Waals surface area contributed by atoms with Gasteiger partial charge in [0.2, 0.25) is 0 Å². The van der Waals surface area contributed by atoms with E-state index in [1.165, 1.54) is 16.2 Å². The quantitative estimate of drug-likeness (QED) is 0.561. The third kappa shape index (κ3) is 4.01. The molecule has 1 N–H and O–H groups in total. The fraction of sp³-hybridized carbons (Fsp3) is 0.429. The summed E-state index contributed by atoms with van der Waals surface area (Å²) in [6.07, 6.45) is 5.47. The minimum absolute atomic E-state index is 0.0426. The van der Waals surface area contributed by atoms with Gasteiger partial charge in [0.1, 0.15) is 15.8 Å². The lowest BCUT2D eigenvalue weighted by atomic mass is 10.2. The summed E-state index contributed by atoms with van der Waals surface area (Å²) < 4.78 is 7.70. The van der Waals surface area contributed by atoms with Gasteiger partial charge in [0.05, 0.1) is 16.6 Å². The van der Waals surface area contributed by atoms with E-state index in [0.29, 0.717) is 32.8 Å². The van der Waals surface area contributed by atoms with E-state index in [0.717, 1.165) is 25.0 Å². The topological polar surface area (TPSA) is 75.9 Å². The zero-order valence-corrected chi connectivity index (χ0v) is 18.8. The number of amides is 1. The number of fused-ring (bicyclic) bond motifs is 1. The van der Waals surface area contributed by atoms with E-state index in [-0.39, 0.29) is 23.6 Å². The van der Waals surface area contributed by atoms with E-state index in [1.54, 1.807) is 17.2 Å². The average molecular weight is 445 g/mol. The lowest BCUT2D eigenvalue weighted by molar-refractivity contribution is -0.123. The number of aryl methyl sites for hydroxylation is 1. The van der Waals surface area contributed by atoms with Crippen molar-refractivity contribution in [2.24, 2.45) is 0 Å². The Balaban J connectivity index is 1.79. The van der Waals surface area contributed by atoms with Crippen molar-refractivity contribution >= 4 is 51.7 Å². The molecule has 2 aliphatic rings. The lowest BCUT2D eigenvalue weighted by Gasteiger charge is -2.18. The van der Waals surface area contributed by atoms with E-state index in [4.69, 9.17) is 17.0 Å². The van der Waals surface area contributed by atoms with E-state index in [9.17, 15) is 9.59 Å². The van der Waals surface area contributed by atoms with Gasteiger partial charge in [-0.25, -0.2) is 4.98 Å². The van der Waals surface area contributed by atoms with E-state index in [1.807, 2.05) is 32.9 Å². The number of hydrogen-bond acceptors (Lipinski definition) is 7. The second kappa shape index (κ2) is 8.49. The molecule has 1 unspecified atom stereocenters. The molecule has 4 heterocycles. The van der Waals surface area contributed by atoms with Gasteiger partial charge in [-0.3, -0.25) is 18.9 Å². The first kappa shape index (κ1) is 21.0. The first-order valence-electron chi connectivity index (χ1n) is 10.0. The Kier molecular flexibility index (Phi) is 5.95. The highest BCUT2D eigenvalue weighted by Crippen LogP contribution is 2.34. The number of nitrogens with one attached hydrogen (secondary N) is 1. The zero-order valence-electron chi connectivity index (χ0n) is 17.2. The Morgan fingerprint density at radius 2 is 2.20 bits per heavy atom. The van der Waals surface area contributed by atoms with Crippen LogP contribution in [0.25, 0.3) is 11.7 Å². The van der Waals surface area contributed by atoms with Crippen LogP contribution in [-0.2, 0) is 9.53 Å². The van der Waals surface area contributed by atoms with Gasteiger partial charge in [-0.2, -0.15) is 0 Å². The highest BCUT2D eigenvalue weighted by Gasteiger charge is 2.34. The molecule has 2 aromatic heterocycles. The molecule has 158 valence electrons. The van der Waals surface area contributed by atoms with Crippen LogP contribution in [0.2, 0.25) is 0 Å². The summed E-state index contributed by atoms with van der Waals surface area (Å²) in [7, 11) is 0. The Morgan fingerprint density at radius 1 is 1.40 bits per heavy atom. The number of hydrogen-bond donors (Lipinski definition) is 1. The maximum absolute atomic E-state index is 13.3. The van der Waals surface area contributed by atoms with Gasteiger partial charge in [0, 0.05) is 25.4 Å². The van der Waals surface area contributed by atoms with Gasteiger partial charge in [-0.05, 0) is 51.3 Å². The molecule has 7 nitrogen and oxygen atoms in total. The molecule has 2 aromatic rings. The van der Waals surface area contributed by atoms with Crippen molar-refractivity contribution in [2.45, 2.75) is 45.8 Å². The number of ether oxygens (including phenoxy) is 1. The first-order chi connectivity index (χ1) is 14.3. The van der Waals surface area contributed by atoms with Crippen LogP contribution >= 0.6 is 24.0 Å². The predicted molar refractivity (Wildman–Crippen MR) is 124 cm³/mol. The molecule has 1 atom stereocenters. The van der Waals surface area contributed by atoms with Crippen molar-refractivity contribution in [1.29, 1.82) is 0 Å². The van der Waals surface area contributed by atoms with Gasteiger partial charge in [-0.15, -0.1) is 0 Å². The molecular formula is C21H24N4O3S2. The maximum atomic E-state index is 13.3. The van der Waals surface area contributed by atoms with Gasteiger partial charge >= 0.3 is 0 Å². The summed E-state index contributed by atoms with van der Waals surface area (Å²) in [5.74, 6) is 0.271. The number of nitrogens with zero attached hydrogens (tertiary/aromatic N) is 3. The van der Waals surface area contributed by atoms with Crippen molar-refractivity contribution < 1.29 is 9.53 Å². The molecule has 2 fully saturated rings. The SMILES string of the molecule is Cc1ccc2nc(NCC3CCCO3)c(C=C3SC(=S)N(C(C)C)C3=O)c(=O)n2c1. The molecule has 0 saturated carbocycles. The Bertz CT molecular complexity index is 1100. The number of aromatic nitrogens is 2. The van der Waals surface area contributed by atoms with Crippen LogP contribution in [0.15, 0.2) is 28.0 Å². The fourth-order valence-electron chi connectivity index (χ4n) is 3.60. The molecule has 0 aromatic carbocycles. The van der Waals surface area contributed by atoms with Gasteiger partial charge in [0.25, 0.3) is 11.5 Å². The van der Waals surface area contributed by atoms with Gasteiger partial charge in [0.15, 0.2) is 0 Å². The van der Waals surface area contributed by atoms with Crippen molar-refractivity contribution in [3.8, 4) is 0 Å². The second-order valence-corrected chi connectivity index (χ2v) is 9.45. The molecule has 0 aliphatic carbocycles. The number of thioether (sulfide) groups is 1. The van der Waals surface area contributed by atoms with Crippen molar-refractivity contribution in [1.82, 2.24) is 14.3 Å². The first-order valence-corrected chi connectivity index (χ1v) is 11.2. The molecule has 2 saturated heterocycles. The molecule has 1 amide bonds. The van der Waals surface area contributed by atoms with E-state index >= 15 is 0 Å². The zero-order chi connectivity index (χ0) is 21.4. The minimum atomic E-state index is -0.228. The lowest BCUT2D eigenvalue weighted by Crippen LogP contribution is -2.34.